The van der Waals surface area contributed by atoms with E-state index in [4.69, 9.17) is 4.74 Å². The molecule has 2 atom stereocenters. The molecule has 1 heterocycles. The van der Waals surface area contributed by atoms with Gasteiger partial charge in [0, 0.05) is 32.8 Å². The summed E-state index contributed by atoms with van der Waals surface area (Å²) in [7, 11) is 3.22. The van der Waals surface area contributed by atoms with Crippen LogP contribution in [0.25, 0.3) is 0 Å². The Bertz CT molecular complexity index is 425. The first kappa shape index (κ1) is 16.7. The zero-order valence-electron chi connectivity index (χ0n) is 12.9. The number of carbonyl (C=O) groups is 1. The molecule has 0 aliphatic heterocycles. The summed E-state index contributed by atoms with van der Waals surface area (Å²) < 4.78 is 4.86. The van der Waals surface area contributed by atoms with Crippen molar-refractivity contribution in [2.45, 2.75) is 39.2 Å². The van der Waals surface area contributed by atoms with Crippen LogP contribution < -0.4 is 0 Å². The zero-order chi connectivity index (χ0) is 15.3. The van der Waals surface area contributed by atoms with E-state index < -0.39 is 6.10 Å². The Hall–Kier alpha value is -1.40. The van der Waals surface area contributed by atoms with Gasteiger partial charge in [-0.1, -0.05) is 6.92 Å². The van der Waals surface area contributed by atoms with Gasteiger partial charge in [-0.05, 0) is 25.3 Å². The molecule has 0 saturated carbocycles. The molecule has 1 aromatic heterocycles. The Balaban J connectivity index is 2.57. The van der Waals surface area contributed by atoms with Crippen LogP contribution in [0.3, 0.4) is 0 Å². The predicted molar refractivity (Wildman–Crippen MR) is 76.6 cm³/mol. The molecule has 0 fully saturated rings. The summed E-state index contributed by atoms with van der Waals surface area (Å²) in [4.78, 5) is 13.7. The standard InChI is InChI=1S/C14H25N3O3/c1-9(14-10(2)15-16-11(14)3)6-13(19)17(4)7-12(18)8-20-5/h9,12,18H,6-8H2,1-5H3,(H,15,16). The smallest absolute Gasteiger partial charge is 0.223 e. The largest absolute Gasteiger partial charge is 0.389 e. The number of rotatable bonds is 7. The second kappa shape index (κ2) is 7.40. The van der Waals surface area contributed by atoms with Crippen molar-refractivity contribution in [1.82, 2.24) is 15.1 Å². The van der Waals surface area contributed by atoms with Gasteiger partial charge in [-0.2, -0.15) is 5.10 Å². The minimum absolute atomic E-state index is 0.00709. The van der Waals surface area contributed by atoms with Crippen molar-refractivity contribution >= 4 is 5.91 Å². The topological polar surface area (TPSA) is 78.5 Å². The lowest BCUT2D eigenvalue weighted by molar-refractivity contribution is -0.131. The maximum Gasteiger partial charge on any atom is 0.223 e. The van der Waals surface area contributed by atoms with Crippen LogP contribution in [0.5, 0.6) is 0 Å². The molecule has 0 bridgehead atoms. The first-order chi connectivity index (χ1) is 9.36. The first-order valence-electron chi connectivity index (χ1n) is 6.79. The van der Waals surface area contributed by atoms with Crippen LogP contribution >= 0.6 is 0 Å². The zero-order valence-corrected chi connectivity index (χ0v) is 12.9. The fraction of sp³-hybridized carbons (Fsp3) is 0.714. The SMILES string of the molecule is COCC(O)CN(C)C(=O)CC(C)c1c(C)n[nH]c1C. The van der Waals surface area contributed by atoms with Gasteiger partial charge in [0.25, 0.3) is 0 Å². The molecule has 20 heavy (non-hydrogen) atoms. The Kier molecular flexibility index (Phi) is 6.16. The normalized spacial score (nSPS) is 14.1. The van der Waals surface area contributed by atoms with Crippen molar-refractivity contribution in [2.24, 2.45) is 0 Å². The molecule has 0 aromatic carbocycles. The molecule has 0 aliphatic rings. The molecule has 2 N–H and O–H groups in total. The summed E-state index contributed by atoms with van der Waals surface area (Å²) in [5.41, 5.74) is 3.04. The highest BCUT2D eigenvalue weighted by molar-refractivity contribution is 5.76. The second-order valence-electron chi connectivity index (χ2n) is 5.34. The number of aryl methyl sites for hydroxylation is 2. The molecule has 1 amide bonds. The average Bonchev–Trinajstić information content (AvgIpc) is 2.69. The van der Waals surface area contributed by atoms with E-state index in [-0.39, 0.29) is 25.0 Å². The fourth-order valence-corrected chi connectivity index (χ4v) is 2.47. The highest BCUT2D eigenvalue weighted by Crippen LogP contribution is 2.24. The minimum atomic E-state index is -0.651. The quantitative estimate of drug-likeness (QED) is 0.782. The third kappa shape index (κ3) is 4.31. The van der Waals surface area contributed by atoms with Gasteiger partial charge in [0.15, 0.2) is 0 Å². The lowest BCUT2D eigenvalue weighted by atomic mass is 9.95. The van der Waals surface area contributed by atoms with Gasteiger partial charge < -0.3 is 14.7 Å². The van der Waals surface area contributed by atoms with Crippen molar-refractivity contribution in [1.29, 1.82) is 0 Å². The second-order valence-corrected chi connectivity index (χ2v) is 5.34. The van der Waals surface area contributed by atoms with Gasteiger partial charge >= 0.3 is 0 Å². The van der Waals surface area contributed by atoms with E-state index in [1.165, 1.54) is 7.11 Å². The summed E-state index contributed by atoms with van der Waals surface area (Å²) in [6, 6.07) is 0. The highest BCUT2D eigenvalue weighted by Gasteiger charge is 2.20. The summed E-state index contributed by atoms with van der Waals surface area (Å²) in [6.07, 6.45) is -0.251. The van der Waals surface area contributed by atoms with Crippen molar-refractivity contribution in [3.8, 4) is 0 Å². The monoisotopic (exact) mass is 283 g/mol. The van der Waals surface area contributed by atoms with Crippen LogP contribution in [0, 0.1) is 13.8 Å². The molecule has 0 radical (unpaired) electrons. The number of nitrogens with zero attached hydrogens (tertiary/aromatic N) is 2. The molecular formula is C14H25N3O3. The van der Waals surface area contributed by atoms with Gasteiger partial charge in [-0.15, -0.1) is 0 Å². The van der Waals surface area contributed by atoms with Crippen LogP contribution in [0.4, 0.5) is 0 Å². The van der Waals surface area contributed by atoms with E-state index in [0.717, 1.165) is 17.0 Å². The summed E-state index contributed by atoms with van der Waals surface area (Å²) >= 11 is 0. The Morgan fingerprint density at radius 3 is 2.65 bits per heavy atom. The highest BCUT2D eigenvalue weighted by atomic mass is 16.5. The van der Waals surface area contributed by atoms with Crippen LogP contribution in [0.2, 0.25) is 0 Å². The number of aliphatic hydroxyl groups excluding tert-OH is 1. The molecule has 0 aliphatic carbocycles. The number of aromatic nitrogens is 2. The van der Waals surface area contributed by atoms with E-state index >= 15 is 0 Å². The number of amides is 1. The van der Waals surface area contributed by atoms with Gasteiger partial charge in [0.05, 0.1) is 18.4 Å². The van der Waals surface area contributed by atoms with Gasteiger partial charge in [0.2, 0.25) is 5.91 Å². The molecule has 1 rings (SSSR count). The Morgan fingerprint density at radius 2 is 2.15 bits per heavy atom. The predicted octanol–water partition coefficient (Wildman–Crippen LogP) is 0.986. The molecule has 0 spiro atoms. The van der Waals surface area contributed by atoms with Crippen LogP contribution in [-0.4, -0.2) is 59.5 Å². The number of methoxy groups -OCH3 is 1. The lowest BCUT2D eigenvalue weighted by Gasteiger charge is -2.22. The Labute approximate surface area is 120 Å². The summed E-state index contributed by atoms with van der Waals surface area (Å²) in [6.45, 7) is 6.42. The van der Waals surface area contributed by atoms with E-state index in [0.29, 0.717) is 6.42 Å². The Morgan fingerprint density at radius 1 is 1.50 bits per heavy atom. The van der Waals surface area contributed by atoms with E-state index in [1.807, 2.05) is 20.8 Å². The van der Waals surface area contributed by atoms with Crippen LogP contribution in [0.1, 0.15) is 36.2 Å². The summed E-state index contributed by atoms with van der Waals surface area (Å²) in [5, 5.41) is 16.7. The molecular weight excluding hydrogens is 258 g/mol. The number of hydrogen-bond acceptors (Lipinski definition) is 4. The molecule has 6 heteroatoms. The van der Waals surface area contributed by atoms with Gasteiger partial charge in [-0.3, -0.25) is 9.89 Å². The van der Waals surface area contributed by atoms with E-state index in [1.54, 1.807) is 11.9 Å². The number of aromatic amines is 1. The molecule has 2 unspecified atom stereocenters. The van der Waals surface area contributed by atoms with Crippen molar-refractivity contribution in [2.75, 3.05) is 27.3 Å². The first-order valence-corrected chi connectivity index (χ1v) is 6.79. The number of likely N-dealkylation sites (N-methyl/N-ethyl adjacent to an activating group) is 1. The fourth-order valence-electron chi connectivity index (χ4n) is 2.47. The number of aliphatic hydroxyl groups is 1. The third-order valence-electron chi connectivity index (χ3n) is 3.43. The number of ether oxygens (including phenoxy) is 1. The van der Waals surface area contributed by atoms with E-state index in [2.05, 4.69) is 10.2 Å². The van der Waals surface area contributed by atoms with E-state index in [9.17, 15) is 9.90 Å². The van der Waals surface area contributed by atoms with Crippen LogP contribution in [-0.2, 0) is 9.53 Å². The van der Waals surface area contributed by atoms with Gasteiger partial charge in [0.1, 0.15) is 0 Å². The maximum atomic E-state index is 12.2. The number of carbonyl (C=O) groups excluding carboxylic acids is 1. The van der Waals surface area contributed by atoms with Crippen molar-refractivity contribution in [3.05, 3.63) is 17.0 Å². The molecule has 114 valence electrons. The number of H-pyrrole nitrogens is 1. The number of nitrogens with one attached hydrogen (secondary N) is 1. The maximum absolute atomic E-state index is 12.2. The van der Waals surface area contributed by atoms with Crippen molar-refractivity contribution in [3.63, 3.8) is 0 Å². The average molecular weight is 283 g/mol. The third-order valence-corrected chi connectivity index (χ3v) is 3.43. The lowest BCUT2D eigenvalue weighted by Crippen LogP contribution is -2.36. The molecule has 1 aromatic rings. The van der Waals surface area contributed by atoms with Crippen LogP contribution in [0.15, 0.2) is 0 Å². The molecule has 6 nitrogen and oxygen atoms in total. The number of hydrogen-bond donors (Lipinski definition) is 2. The van der Waals surface area contributed by atoms with Crippen molar-refractivity contribution < 1.29 is 14.6 Å². The van der Waals surface area contributed by atoms with Gasteiger partial charge in [-0.25, -0.2) is 0 Å². The minimum Gasteiger partial charge on any atom is -0.389 e. The summed E-state index contributed by atoms with van der Waals surface area (Å²) in [5.74, 6) is 0.107. The molecule has 0 saturated heterocycles.